The smallest absolute Gasteiger partial charge is 0.0672 e. The standard InChI is InChI=1S/C15H21N3/c1-4-11-7-6-8-12(9-11)15(16)13-10-18(3)17-14(13)5-2/h6-10,15H,4-5,16H2,1-3H3. The first kappa shape index (κ1) is 12.8. The van der Waals surface area contributed by atoms with Gasteiger partial charge in [-0.25, -0.2) is 0 Å². The van der Waals surface area contributed by atoms with Crippen molar-refractivity contribution in [3.63, 3.8) is 0 Å². The Hall–Kier alpha value is -1.61. The summed E-state index contributed by atoms with van der Waals surface area (Å²) < 4.78 is 1.84. The number of benzene rings is 1. The third kappa shape index (κ3) is 2.46. The predicted octanol–water partition coefficient (Wildman–Crippen LogP) is 2.59. The van der Waals surface area contributed by atoms with E-state index in [1.807, 2.05) is 17.9 Å². The van der Waals surface area contributed by atoms with Crippen molar-refractivity contribution in [1.82, 2.24) is 9.78 Å². The molecule has 0 saturated heterocycles. The Balaban J connectivity index is 2.37. The van der Waals surface area contributed by atoms with Crippen molar-refractivity contribution in [2.24, 2.45) is 12.8 Å². The topological polar surface area (TPSA) is 43.8 Å². The maximum atomic E-state index is 6.38. The van der Waals surface area contributed by atoms with Gasteiger partial charge in [-0.3, -0.25) is 4.68 Å². The van der Waals surface area contributed by atoms with E-state index < -0.39 is 0 Å². The largest absolute Gasteiger partial charge is 0.320 e. The fraction of sp³-hybridized carbons (Fsp3) is 0.400. The first-order valence-electron chi connectivity index (χ1n) is 6.52. The van der Waals surface area contributed by atoms with Crippen LogP contribution in [-0.4, -0.2) is 9.78 Å². The minimum atomic E-state index is -0.0832. The van der Waals surface area contributed by atoms with Gasteiger partial charge in [0.25, 0.3) is 0 Å². The lowest BCUT2D eigenvalue weighted by atomic mass is 9.97. The van der Waals surface area contributed by atoms with Gasteiger partial charge in [-0.2, -0.15) is 5.10 Å². The van der Waals surface area contributed by atoms with Crippen LogP contribution in [0.4, 0.5) is 0 Å². The fourth-order valence-corrected chi connectivity index (χ4v) is 2.27. The minimum absolute atomic E-state index is 0.0832. The number of nitrogens with two attached hydrogens (primary N) is 1. The lowest BCUT2D eigenvalue weighted by Gasteiger charge is -2.13. The quantitative estimate of drug-likeness (QED) is 0.897. The zero-order valence-electron chi connectivity index (χ0n) is 11.4. The van der Waals surface area contributed by atoms with Crippen LogP contribution in [0.5, 0.6) is 0 Å². The molecule has 1 atom stereocenters. The summed E-state index contributed by atoms with van der Waals surface area (Å²) in [6.45, 7) is 4.27. The average molecular weight is 243 g/mol. The number of aromatic nitrogens is 2. The van der Waals surface area contributed by atoms with E-state index in [1.165, 1.54) is 5.56 Å². The van der Waals surface area contributed by atoms with Crippen molar-refractivity contribution >= 4 is 0 Å². The summed E-state index contributed by atoms with van der Waals surface area (Å²) in [7, 11) is 1.94. The molecule has 2 N–H and O–H groups in total. The molecule has 2 rings (SSSR count). The Bertz CT molecular complexity index is 528. The number of hydrogen-bond donors (Lipinski definition) is 1. The molecule has 2 aromatic rings. The lowest BCUT2D eigenvalue weighted by Crippen LogP contribution is -2.13. The molecular formula is C15H21N3. The molecule has 3 nitrogen and oxygen atoms in total. The van der Waals surface area contributed by atoms with Crippen LogP contribution in [-0.2, 0) is 19.9 Å². The molecule has 0 aliphatic carbocycles. The molecule has 0 aliphatic rings. The van der Waals surface area contributed by atoms with E-state index in [0.29, 0.717) is 0 Å². The molecule has 1 aromatic heterocycles. The lowest BCUT2D eigenvalue weighted by molar-refractivity contribution is 0.746. The Kier molecular flexibility index (Phi) is 3.82. The molecule has 96 valence electrons. The summed E-state index contributed by atoms with van der Waals surface area (Å²) >= 11 is 0. The maximum Gasteiger partial charge on any atom is 0.0672 e. The van der Waals surface area contributed by atoms with Gasteiger partial charge < -0.3 is 5.73 Å². The second kappa shape index (κ2) is 5.36. The Labute approximate surface area is 109 Å². The first-order chi connectivity index (χ1) is 8.65. The van der Waals surface area contributed by atoms with Gasteiger partial charge in [-0.05, 0) is 24.0 Å². The van der Waals surface area contributed by atoms with Crippen molar-refractivity contribution in [2.45, 2.75) is 32.7 Å². The van der Waals surface area contributed by atoms with E-state index in [2.05, 4.69) is 43.2 Å². The van der Waals surface area contributed by atoms with Gasteiger partial charge in [0.05, 0.1) is 11.7 Å². The van der Waals surface area contributed by atoms with Crippen molar-refractivity contribution in [3.8, 4) is 0 Å². The molecule has 0 bridgehead atoms. The van der Waals surface area contributed by atoms with Gasteiger partial charge in [0.1, 0.15) is 0 Å². The van der Waals surface area contributed by atoms with Gasteiger partial charge in [0.15, 0.2) is 0 Å². The molecule has 18 heavy (non-hydrogen) atoms. The highest BCUT2D eigenvalue weighted by Crippen LogP contribution is 2.23. The van der Waals surface area contributed by atoms with Crippen LogP contribution >= 0.6 is 0 Å². The van der Waals surface area contributed by atoms with Gasteiger partial charge in [-0.15, -0.1) is 0 Å². The highest BCUT2D eigenvalue weighted by molar-refractivity contribution is 5.35. The van der Waals surface area contributed by atoms with Crippen LogP contribution in [0.2, 0.25) is 0 Å². The Morgan fingerprint density at radius 1 is 1.28 bits per heavy atom. The van der Waals surface area contributed by atoms with Gasteiger partial charge in [0.2, 0.25) is 0 Å². The third-order valence-corrected chi connectivity index (χ3v) is 3.33. The van der Waals surface area contributed by atoms with Crippen LogP contribution in [0.15, 0.2) is 30.5 Å². The second-order valence-electron chi connectivity index (χ2n) is 4.63. The number of aryl methyl sites for hydroxylation is 3. The molecule has 0 spiro atoms. The van der Waals surface area contributed by atoms with Gasteiger partial charge in [-0.1, -0.05) is 38.1 Å². The molecule has 0 saturated carbocycles. The Morgan fingerprint density at radius 3 is 2.72 bits per heavy atom. The minimum Gasteiger partial charge on any atom is -0.320 e. The van der Waals surface area contributed by atoms with E-state index in [4.69, 9.17) is 5.73 Å². The third-order valence-electron chi connectivity index (χ3n) is 3.33. The summed E-state index contributed by atoms with van der Waals surface area (Å²) in [6, 6.07) is 8.42. The summed E-state index contributed by atoms with van der Waals surface area (Å²) in [5, 5.41) is 4.45. The van der Waals surface area contributed by atoms with Crippen molar-refractivity contribution in [3.05, 3.63) is 52.8 Å². The number of hydrogen-bond acceptors (Lipinski definition) is 2. The number of rotatable bonds is 4. The van der Waals surface area contributed by atoms with E-state index in [0.717, 1.165) is 29.7 Å². The summed E-state index contributed by atoms with van der Waals surface area (Å²) in [5.41, 5.74) is 11.1. The zero-order chi connectivity index (χ0) is 13.1. The summed E-state index contributed by atoms with van der Waals surface area (Å²) in [4.78, 5) is 0. The SMILES string of the molecule is CCc1cccc(C(N)c2cn(C)nc2CC)c1. The van der Waals surface area contributed by atoms with Crippen LogP contribution in [0.25, 0.3) is 0 Å². The molecule has 1 heterocycles. The van der Waals surface area contributed by atoms with Crippen molar-refractivity contribution < 1.29 is 0 Å². The fourth-order valence-electron chi connectivity index (χ4n) is 2.27. The first-order valence-corrected chi connectivity index (χ1v) is 6.52. The van der Waals surface area contributed by atoms with Crippen LogP contribution in [0, 0.1) is 0 Å². The van der Waals surface area contributed by atoms with Crippen molar-refractivity contribution in [2.75, 3.05) is 0 Å². The molecule has 3 heteroatoms. The Morgan fingerprint density at radius 2 is 2.06 bits per heavy atom. The average Bonchev–Trinajstić information content (AvgIpc) is 2.79. The molecule has 1 unspecified atom stereocenters. The predicted molar refractivity (Wildman–Crippen MR) is 74.4 cm³/mol. The molecule has 1 aromatic carbocycles. The summed E-state index contributed by atoms with van der Waals surface area (Å²) in [5.74, 6) is 0. The van der Waals surface area contributed by atoms with E-state index in [9.17, 15) is 0 Å². The molecule has 0 radical (unpaired) electrons. The second-order valence-corrected chi connectivity index (χ2v) is 4.63. The van der Waals surface area contributed by atoms with Crippen LogP contribution in [0.3, 0.4) is 0 Å². The number of nitrogens with zero attached hydrogens (tertiary/aromatic N) is 2. The molecular weight excluding hydrogens is 222 g/mol. The molecule has 0 amide bonds. The normalized spacial score (nSPS) is 12.7. The van der Waals surface area contributed by atoms with E-state index >= 15 is 0 Å². The van der Waals surface area contributed by atoms with Gasteiger partial charge >= 0.3 is 0 Å². The summed E-state index contributed by atoms with van der Waals surface area (Å²) in [6.07, 6.45) is 3.98. The van der Waals surface area contributed by atoms with Crippen LogP contribution in [0.1, 0.15) is 42.3 Å². The highest BCUT2D eigenvalue weighted by Gasteiger charge is 2.15. The van der Waals surface area contributed by atoms with Crippen molar-refractivity contribution in [1.29, 1.82) is 0 Å². The molecule has 0 fully saturated rings. The van der Waals surface area contributed by atoms with E-state index in [-0.39, 0.29) is 6.04 Å². The van der Waals surface area contributed by atoms with Gasteiger partial charge in [0, 0.05) is 18.8 Å². The van der Waals surface area contributed by atoms with Crippen LogP contribution < -0.4 is 5.73 Å². The zero-order valence-corrected chi connectivity index (χ0v) is 11.4. The molecule has 0 aliphatic heterocycles. The maximum absolute atomic E-state index is 6.38. The highest BCUT2D eigenvalue weighted by atomic mass is 15.3. The van der Waals surface area contributed by atoms with E-state index in [1.54, 1.807) is 0 Å². The monoisotopic (exact) mass is 243 g/mol.